The Morgan fingerprint density at radius 2 is 1.88 bits per heavy atom. The summed E-state index contributed by atoms with van der Waals surface area (Å²) in [6.45, 7) is 0. The summed E-state index contributed by atoms with van der Waals surface area (Å²) in [5, 5.41) is 6.85. The van der Waals surface area contributed by atoms with Gasteiger partial charge < -0.3 is 9.47 Å². The number of aromatic amines is 1. The first kappa shape index (κ1) is 10.7. The van der Waals surface area contributed by atoms with Crippen LogP contribution in [0.25, 0.3) is 10.6 Å². The lowest BCUT2D eigenvalue weighted by Gasteiger charge is -2.09. The van der Waals surface area contributed by atoms with Crippen LogP contribution >= 0.6 is 11.3 Å². The molecule has 0 spiro atoms. The summed E-state index contributed by atoms with van der Waals surface area (Å²) in [4.78, 5) is 10.9. The number of ether oxygens (including phenoxy) is 2. The van der Waals surface area contributed by atoms with Gasteiger partial charge in [0.15, 0.2) is 5.01 Å². The van der Waals surface area contributed by atoms with Gasteiger partial charge in [0.2, 0.25) is 0 Å². The maximum absolute atomic E-state index is 11.1. The molecule has 5 nitrogen and oxygen atoms in total. The topological polar surface area (TPSA) is 64.2 Å². The highest BCUT2D eigenvalue weighted by atomic mass is 32.1. The van der Waals surface area contributed by atoms with Gasteiger partial charge in [-0.25, -0.2) is 5.10 Å². The van der Waals surface area contributed by atoms with Crippen molar-refractivity contribution in [3.8, 4) is 22.1 Å². The number of aromatic nitrogens is 2. The Kier molecular flexibility index (Phi) is 2.91. The van der Waals surface area contributed by atoms with Gasteiger partial charge in [0.05, 0.1) is 19.8 Å². The fourth-order valence-corrected chi connectivity index (χ4v) is 2.06. The number of hydrogen-bond donors (Lipinski definition) is 1. The zero-order valence-electron chi connectivity index (χ0n) is 8.81. The largest absolute Gasteiger partial charge is 0.496 e. The number of nitrogens with zero attached hydrogens (tertiary/aromatic N) is 1. The minimum absolute atomic E-state index is 0.206. The van der Waals surface area contributed by atoms with E-state index in [0.29, 0.717) is 22.1 Å². The summed E-state index contributed by atoms with van der Waals surface area (Å²) in [7, 11) is 3.13. The molecule has 16 heavy (non-hydrogen) atoms. The molecule has 1 aromatic heterocycles. The van der Waals surface area contributed by atoms with Gasteiger partial charge in [-0.1, -0.05) is 17.4 Å². The fourth-order valence-electron chi connectivity index (χ4n) is 1.40. The Morgan fingerprint density at radius 1 is 1.25 bits per heavy atom. The van der Waals surface area contributed by atoms with Crippen molar-refractivity contribution in [3.63, 3.8) is 0 Å². The Labute approximate surface area is 95.7 Å². The van der Waals surface area contributed by atoms with Crippen LogP contribution in [0.1, 0.15) is 0 Å². The van der Waals surface area contributed by atoms with Crippen molar-refractivity contribution < 1.29 is 9.47 Å². The molecule has 0 atom stereocenters. The Balaban J connectivity index is 2.65. The van der Waals surface area contributed by atoms with Crippen LogP contribution < -0.4 is 14.3 Å². The SMILES string of the molecule is COc1cccc(OC)c1-c1n[nH]c(=O)s1. The van der Waals surface area contributed by atoms with Crippen LogP contribution in [0.15, 0.2) is 23.0 Å². The maximum Gasteiger partial charge on any atom is 0.322 e. The van der Waals surface area contributed by atoms with Crippen LogP contribution in [-0.2, 0) is 0 Å². The molecule has 0 fully saturated rings. The van der Waals surface area contributed by atoms with E-state index in [-0.39, 0.29) is 4.87 Å². The highest BCUT2D eigenvalue weighted by molar-refractivity contribution is 7.12. The summed E-state index contributed by atoms with van der Waals surface area (Å²) in [6.07, 6.45) is 0. The van der Waals surface area contributed by atoms with E-state index in [4.69, 9.17) is 9.47 Å². The molecule has 84 valence electrons. The van der Waals surface area contributed by atoms with Crippen LogP contribution in [0.4, 0.5) is 0 Å². The summed E-state index contributed by atoms with van der Waals surface area (Å²) in [6, 6.07) is 5.41. The lowest BCUT2D eigenvalue weighted by Crippen LogP contribution is -1.92. The normalized spacial score (nSPS) is 10.1. The first-order valence-corrected chi connectivity index (χ1v) is 5.34. The van der Waals surface area contributed by atoms with Crippen LogP contribution in [0, 0.1) is 0 Å². The van der Waals surface area contributed by atoms with E-state index in [0.717, 1.165) is 11.3 Å². The van der Waals surface area contributed by atoms with Gasteiger partial charge in [-0.2, -0.15) is 5.10 Å². The van der Waals surface area contributed by atoms with Crippen molar-refractivity contribution in [2.24, 2.45) is 0 Å². The minimum Gasteiger partial charge on any atom is -0.496 e. The van der Waals surface area contributed by atoms with E-state index in [9.17, 15) is 4.79 Å². The van der Waals surface area contributed by atoms with Gasteiger partial charge in [-0.3, -0.25) is 4.79 Å². The standard InChI is InChI=1S/C10H10N2O3S/c1-14-6-4-3-5-7(15-2)8(6)9-11-12-10(13)16-9/h3-5H,1-2H3,(H,12,13). The summed E-state index contributed by atoms with van der Waals surface area (Å²) >= 11 is 1.02. The molecule has 0 aliphatic heterocycles. The van der Waals surface area contributed by atoms with Gasteiger partial charge in [0.25, 0.3) is 0 Å². The maximum atomic E-state index is 11.1. The van der Waals surface area contributed by atoms with E-state index in [1.54, 1.807) is 26.4 Å². The zero-order chi connectivity index (χ0) is 11.5. The van der Waals surface area contributed by atoms with Crippen molar-refractivity contribution in [2.75, 3.05) is 14.2 Å². The molecule has 1 N–H and O–H groups in total. The summed E-state index contributed by atoms with van der Waals surface area (Å²) < 4.78 is 10.4. The highest BCUT2D eigenvalue weighted by Gasteiger charge is 2.15. The average Bonchev–Trinajstić information content (AvgIpc) is 2.74. The number of benzene rings is 1. The molecule has 0 bridgehead atoms. The molecule has 0 radical (unpaired) electrons. The van der Waals surface area contributed by atoms with Crippen molar-refractivity contribution in [1.82, 2.24) is 10.2 Å². The molecule has 1 heterocycles. The smallest absolute Gasteiger partial charge is 0.322 e. The Bertz CT molecular complexity index is 525. The molecule has 0 aliphatic carbocycles. The van der Waals surface area contributed by atoms with Crippen LogP contribution in [0.3, 0.4) is 0 Å². The zero-order valence-corrected chi connectivity index (χ0v) is 9.63. The van der Waals surface area contributed by atoms with Gasteiger partial charge >= 0.3 is 4.87 Å². The lowest BCUT2D eigenvalue weighted by molar-refractivity contribution is 0.397. The molecule has 6 heteroatoms. The molecule has 2 aromatic rings. The van der Waals surface area contributed by atoms with Crippen molar-refractivity contribution >= 4 is 11.3 Å². The van der Waals surface area contributed by atoms with Crippen LogP contribution in [0.2, 0.25) is 0 Å². The number of hydrogen-bond acceptors (Lipinski definition) is 5. The predicted molar refractivity (Wildman–Crippen MR) is 61.3 cm³/mol. The molecule has 0 unspecified atom stereocenters. The lowest BCUT2D eigenvalue weighted by atomic mass is 10.2. The van der Waals surface area contributed by atoms with Gasteiger partial charge in [-0.05, 0) is 12.1 Å². The second-order valence-electron chi connectivity index (χ2n) is 2.96. The number of H-pyrrole nitrogens is 1. The van der Waals surface area contributed by atoms with E-state index in [2.05, 4.69) is 10.2 Å². The third kappa shape index (κ3) is 1.79. The van der Waals surface area contributed by atoms with Gasteiger partial charge in [0.1, 0.15) is 11.5 Å². The fraction of sp³-hybridized carbons (Fsp3) is 0.200. The molecule has 0 amide bonds. The van der Waals surface area contributed by atoms with Crippen molar-refractivity contribution in [3.05, 3.63) is 27.9 Å². The first-order chi connectivity index (χ1) is 7.76. The van der Waals surface area contributed by atoms with Gasteiger partial charge in [0, 0.05) is 0 Å². The second-order valence-corrected chi connectivity index (χ2v) is 3.92. The monoisotopic (exact) mass is 238 g/mol. The van der Waals surface area contributed by atoms with E-state index < -0.39 is 0 Å². The van der Waals surface area contributed by atoms with Crippen molar-refractivity contribution in [2.45, 2.75) is 0 Å². The Morgan fingerprint density at radius 3 is 2.31 bits per heavy atom. The molecule has 2 rings (SSSR count). The number of nitrogens with one attached hydrogen (secondary N) is 1. The summed E-state index contributed by atoms with van der Waals surface area (Å²) in [5.41, 5.74) is 0.691. The predicted octanol–water partition coefficient (Wildman–Crippen LogP) is 1.52. The molecule has 0 saturated carbocycles. The second kappa shape index (κ2) is 4.36. The average molecular weight is 238 g/mol. The molecule has 0 saturated heterocycles. The summed E-state index contributed by atoms with van der Waals surface area (Å²) in [5.74, 6) is 1.25. The van der Waals surface area contributed by atoms with E-state index in [1.165, 1.54) is 0 Å². The number of rotatable bonds is 3. The first-order valence-electron chi connectivity index (χ1n) is 4.53. The highest BCUT2D eigenvalue weighted by Crippen LogP contribution is 2.37. The molecule has 0 aliphatic rings. The Hall–Kier alpha value is -1.82. The van der Waals surface area contributed by atoms with E-state index in [1.807, 2.05) is 6.07 Å². The number of methoxy groups -OCH3 is 2. The third-order valence-electron chi connectivity index (χ3n) is 2.08. The molecular formula is C10H10N2O3S. The van der Waals surface area contributed by atoms with Crippen LogP contribution in [-0.4, -0.2) is 24.4 Å². The molecule has 1 aromatic carbocycles. The quantitative estimate of drug-likeness (QED) is 0.880. The van der Waals surface area contributed by atoms with Gasteiger partial charge in [-0.15, -0.1) is 0 Å². The van der Waals surface area contributed by atoms with Crippen molar-refractivity contribution in [1.29, 1.82) is 0 Å². The minimum atomic E-state index is -0.206. The third-order valence-corrected chi connectivity index (χ3v) is 2.85. The van der Waals surface area contributed by atoms with Crippen LogP contribution in [0.5, 0.6) is 11.5 Å². The van der Waals surface area contributed by atoms with E-state index >= 15 is 0 Å². The molecular weight excluding hydrogens is 228 g/mol.